The van der Waals surface area contributed by atoms with Crippen LogP contribution >= 0.6 is 0 Å². The predicted molar refractivity (Wildman–Crippen MR) is 77.9 cm³/mol. The molecule has 0 unspecified atom stereocenters. The summed E-state index contributed by atoms with van der Waals surface area (Å²) in [5.74, 6) is 0. The summed E-state index contributed by atoms with van der Waals surface area (Å²) in [4.78, 5) is 0. The third-order valence-electron chi connectivity index (χ3n) is 3.19. The minimum absolute atomic E-state index is 0.720. The molecule has 1 rings (SSSR count). The van der Waals surface area contributed by atoms with Crippen molar-refractivity contribution in [3.8, 4) is 0 Å². The average molecular weight is 239 g/mol. The van der Waals surface area contributed by atoms with Crippen molar-refractivity contribution in [3.63, 3.8) is 0 Å². The van der Waals surface area contributed by atoms with Gasteiger partial charge in [-0.05, 0) is 6.92 Å². The summed E-state index contributed by atoms with van der Waals surface area (Å²) in [6.45, 7) is 16.9. The second kappa shape index (κ2) is 5.66. The highest BCUT2D eigenvalue weighted by molar-refractivity contribution is 7.39. The summed E-state index contributed by atoms with van der Waals surface area (Å²) in [5.41, 5.74) is 1.32. The summed E-state index contributed by atoms with van der Waals surface area (Å²) in [6.07, 6.45) is 0. The van der Waals surface area contributed by atoms with Crippen LogP contribution in [0, 0.1) is 6.92 Å². The highest BCUT2D eigenvalue weighted by atomic mass is 29.3. The Labute approximate surface area is 97.5 Å². The number of aryl methyl sites for hydroxylation is 1. The van der Waals surface area contributed by atoms with Gasteiger partial charge in [0.1, 0.15) is 0 Å². The summed E-state index contributed by atoms with van der Waals surface area (Å²) in [5, 5.41) is 0. The van der Waals surface area contributed by atoms with Gasteiger partial charge >= 0.3 is 0 Å². The van der Waals surface area contributed by atoms with E-state index in [4.69, 9.17) is 0 Å². The standard InChI is InChI=1S/C7H8.C6H18Si2/c1-7-5-3-2-4-6-7;1-7(2,3)8(4,5)6/h2-6H,1H3;1-6H3. The molecular formula is C13H26Si2. The number of benzene rings is 1. The minimum atomic E-state index is -0.720. The number of hydrogen-bond acceptors (Lipinski definition) is 0. The van der Waals surface area contributed by atoms with Crippen molar-refractivity contribution < 1.29 is 0 Å². The molecule has 0 aliphatic rings. The van der Waals surface area contributed by atoms with Gasteiger partial charge in [0.15, 0.2) is 0 Å². The van der Waals surface area contributed by atoms with Crippen molar-refractivity contribution >= 4 is 15.2 Å². The predicted octanol–water partition coefficient (Wildman–Crippen LogP) is 4.74. The van der Waals surface area contributed by atoms with Crippen LogP contribution in [0.2, 0.25) is 39.3 Å². The number of hydrogen-bond donors (Lipinski definition) is 0. The Kier molecular flexibility index (Phi) is 5.53. The lowest BCUT2D eigenvalue weighted by Crippen LogP contribution is -2.49. The van der Waals surface area contributed by atoms with Gasteiger partial charge in [-0.25, -0.2) is 0 Å². The molecule has 0 bridgehead atoms. The van der Waals surface area contributed by atoms with Gasteiger partial charge in [-0.15, -0.1) is 0 Å². The van der Waals surface area contributed by atoms with E-state index < -0.39 is 15.2 Å². The summed E-state index contributed by atoms with van der Waals surface area (Å²) < 4.78 is 0. The molecule has 0 N–H and O–H groups in total. The molecule has 0 aliphatic heterocycles. The van der Waals surface area contributed by atoms with E-state index in [-0.39, 0.29) is 0 Å². The van der Waals surface area contributed by atoms with Crippen LogP contribution in [-0.4, -0.2) is 15.2 Å². The molecule has 0 saturated carbocycles. The van der Waals surface area contributed by atoms with Crippen LogP contribution in [0.25, 0.3) is 0 Å². The Bertz CT molecular complexity index is 253. The Morgan fingerprint density at radius 3 is 1.13 bits per heavy atom. The zero-order valence-electron chi connectivity index (χ0n) is 11.4. The molecular weight excluding hydrogens is 212 g/mol. The van der Waals surface area contributed by atoms with Crippen LogP contribution in [0.4, 0.5) is 0 Å². The monoisotopic (exact) mass is 238 g/mol. The molecule has 0 saturated heterocycles. The fourth-order valence-electron chi connectivity index (χ4n) is 0.534. The Morgan fingerprint density at radius 1 is 0.667 bits per heavy atom. The summed E-state index contributed by atoms with van der Waals surface area (Å²) in [6, 6.07) is 10.3. The van der Waals surface area contributed by atoms with Crippen LogP contribution in [0.3, 0.4) is 0 Å². The fourth-order valence-corrected chi connectivity index (χ4v) is 0.534. The van der Waals surface area contributed by atoms with Crippen LogP contribution in [0.15, 0.2) is 30.3 Å². The van der Waals surface area contributed by atoms with Crippen molar-refractivity contribution in [2.75, 3.05) is 0 Å². The maximum Gasteiger partial charge on any atom is 0.0379 e. The topological polar surface area (TPSA) is 0 Å². The Balaban J connectivity index is 0.000000262. The molecule has 86 valence electrons. The zero-order chi connectivity index (χ0) is 12.1. The van der Waals surface area contributed by atoms with Crippen LogP contribution < -0.4 is 0 Å². The molecule has 0 aromatic heterocycles. The third-order valence-corrected chi connectivity index (χ3v) is 21.2. The molecule has 0 atom stereocenters. The van der Waals surface area contributed by atoms with E-state index in [2.05, 4.69) is 58.3 Å². The fraction of sp³-hybridized carbons (Fsp3) is 0.538. The van der Waals surface area contributed by atoms with Crippen molar-refractivity contribution in [2.45, 2.75) is 46.2 Å². The molecule has 0 nitrogen and oxygen atoms in total. The maximum absolute atomic E-state index is 2.47. The van der Waals surface area contributed by atoms with Crippen molar-refractivity contribution in [3.05, 3.63) is 35.9 Å². The molecule has 0 fully saturated rings. The molecule has 1 aromatic carbocycles. The smallest absolute Gasteiger partial charge is 0.0379 e. The Hall–Kier alpha value is -0.346. The lowest BCUT2D eigenvalue weighted by molar-refractivity contribution is 1.48. The first-order valence-corrected chi connectivity index (χ1v) is 13.7. The Morgan fingerprint density at radius 2 is 1.00 bits per heavy atom. The van der Waals surface area contributed by atoms with E-state index >= 15 is 0 Å². The molecule has 2 heteroatoms. The van der Waals surface area contributed by atoms with E-state index in [9.17, 15) is 0 Å². The zero-order valence-corrected chi connectivity index (χ0v) is 13.4. The van der Waals surface area contributed by atoms with Gasteiger partial charge in [0.2, 0.25) is 0 Å². The van der Waals surface area contributed by atoms with Gasteiger partial charge in [0, 0.05) is 15.2 Å². The highest BCUT2D eigenvalue weighted by Crippen LogP contribution is 2.16. The van der Waals surface area contributed by atoms with Crippen molar-refractivity contribution in [2.24, 2.45) is 0 Å². The van der Waals surface area contributed by atoms with Crippen LogP contribution in [-0.2, 0) is 0 Å². The SMILES string of the molecule is C[Si](C)(C)[Si](C)(C)C.Cc1ccccc1. The molecule has 15 heavy (non-hydrogen) atoms. The van der Waals surface area contributed by atoms with Gasteiger partial charge in [-0.3, -0.25) is 0 Å². The van der Waals surface area contributed by atoms with Crippen molar-refractivity contribution in [1.29, 1.82) is 0 Å². The van der Waals surface area contributed by atoms with Gasteiger partial charge < -0.3 is 0 Å². The van der Waals surface area contributed by atoms with E-state index in [0.29, 0.717) is 0 Å². The molecule has 0 radical (unpaired) electrons. The van der Waals surface area contributed by atoms with E-state index in [1.54, 1.807) is 0 Å². The second-order valence-electron chi connectivity index (χ2n) is 6.15. The normalized spacial score (nSPS) is 11.7. The molecule has 0 spiro atoms. The van der Waals surface area contributed by atoms with Gasteiger partial charge in [-0.1, -0.05) is 75.2 Å². The van der Waals surface area contributed by atoms with Gasteiger partial charge in [0.05, 0.1) is 0 Å². The van der Waals surface area contributed by atoms with Crippen LogP contribution in [0.5, 0.6) is 0 Å². The minimum Gasteiger partial charge on any atom is -0.0715 e. The average Bonchev–Trinajstić information content (AvgIpc) is 2.02. The van der Waals surface area contributed by atoms with Crippen molar-refractivity contribution in [1.82, 2.24) is 0 Å². The first-order valence-electron chi connectivity index (χ1n) is 5.66. The summed E-state index contributed by atoms with van der Waals surface area (Å²) >= 11 is 0. The van der Waals surface area contributed by atoms with E-state index in [1.807, 2.05) is 18.2 Å². The lowest BCUT2D eigenvalue weighted by atomic mass is 10.2. The third kappa shape index (κ3) is 6.69. The molecule has 0 amide bonds. The van der Waals surface area contributed by atoms with Crippen LogP contribution in [0.1, 0.15) is 5.56 Å². The maximum atomic E-state index is 2.47. The quantitative estimate of drug-likeness (QED) is 0.620. The van der Waals surface area contributed by atoms with Gasteiger partial charge in [0.25, 0.3) is 0 Å². The van der Waals surface area contributed by atoms with E-state index in [0.717, 1.165) is 0 Å². The highest BCUT2D eigenvalue weighted by Gasteiger charge is 2.31. The first-order chi connectivity index (χ1) is 6.64. The van der Waals surface area contributed by atoms with Gasteiger partial charge in [-0.2, -0.15) is 0 Å². The molecule has 0 heterocycles. The molecule has 0 aliphatic carbocycles. The lowest BCUT2D eigenvalue weighted by Gasteiger charge is -2.30. The summed E-state index contributed by atoms with van der Waals surface area (Å²) in [7, 11) is -1.44. The van der Waals surface area contributed by atoms with E-state index in [1.165, 1.54) is 5.56 Å². The largest absolute Gasteiger partial charge is 0.0715 e. The second-order valence-corrected chi connectivity index (χ2v) is 24.2. The molecule has 1 aromatic rings. The number of rotatable bonds is 1. The first kappa shape index (κ1) is 14.7.